The molecule has 0 aromatic carbocycles. The summed E-state index contributed by atoms with van der Waals surface area (Å²) in [5.74, 6) is 2.87. The molecular formula is C13H24OS2. The van der Waals surface area contributed by atoms with Gasteiger partial charge in [0.2, 0.25) is 0 Å². The van der Waals surface area contributed by atoms with Gasteiger partial charge in [0.15, 0.2) is 0 Å². The van der Waals surface area contributed by atoms with Crippen LogP contribution in [-0.2, 0) is 4.79 Å². The van der Waals surface area contributed by atoms with Crippen LogP contribution >= 0.6 is 23.5 Å². The minimum Gasteiger partial charge on any atom is -0.298 e. The molecule has 1 saturated heterocycles. The van der Waals surface area contributed by atoms with Crippen molar-refractivity contribution in [3.05, 3.63) is 0 Å². The van der Waals surface area contributed by atoms with Gasteiger partial charge in [-0.2, -0.15) is 11.8 Å². The molecule has 1 heterocycles. The second-order valence-electron chi connectivity index (χ2n) is 4.50. The van der Waals surface area contributed by atoms with Crippen LogP contribution in [0.4, 0.5) is 0 Å². The number of hydrogen-bond acceptors (Lipinski definition) is 3. The van der Waals surface area contributed by atoms with Crippen LogP contribution in [0.1, 0.15) is 52.4 Å². The maximum atomic E-state index is 12.0. The number of unbranched alkanes of at least 4 members (excludes halogenated alkanes) is 4. The van der Waals surface area contributed by atoms with Crippen LogP contribution in [0.3, 0.4) is 0 Å². The van der Waals surface area contributed by atoms with Gasteiger partial charge in [0, 0.05) is 23.2 Å². The Kier molecular flexibility index (Phi) is 7.63. The predicted molar refractivity (Wildman–Crippen MR) is 76.5 cm³/mol. The van der Waals surface area contributed by atoms with Crippen LogP contribution in [0.25, 0.3) is 0 Å². The lowest BCUT2D eigenvalue weighted by Crippen LogP contribution is -2.30. The first-order valence-corrected chi connectivity index (χ1v) is 8.61. The van der Waals surface area contributed by atoms with Crippen LogP contribution in [0.5, 0.6) is 0 Å². The fourth-order valence-corrected chi connectivity index (χ4v) is 4.80. The second-order valence-corrected chi connectivity index (χ2v) is 7.23. The van der Waals surface area contributed by atoms with Gasteiger partial charge >= 0.3 is 0 Å². The fourth-order valence-electron chi connectivity index (χ4n) is 2.03. The number of Topliss-reactive ketones (excluding diaryl/α,β-unsaturated/α-hetero) is 1. The number of ketones is 1. The summed E-state index contributed by atoms with van der Waals surface area (Å²) in [4.78, 5) is 12.0. The zero-order valence-electron chi connectivity index (χ0n) is 10.5. The molecular weight excluding hydrogens is 236 g/mol. The third-order valence-electron chi connectivity index (χ3n) is 3.03. The smallest absolute Gasteiger partial charge is 0.146 e. The van der Waals surface area contributed by atoms with E-state index in [9.17, 15) is 4.79 Å². The van der Waals surface area contributed by atoms with E-state index in [1.807, 2.05) is 23.5 Å². The predicted octanol–water partition coefficient (Wildman–Crippen LogP) is 4.15. The highest BCUT2D eigenvalue weighted by molar-refractivity contribution is 8.07. The second kappa shape index (κ2) is 8.46. The lowest BCUT2D eigenvalue weighted by molar-refractivity contribution is -0.118. The largest absolute Gasteiger partial charge is 0.298 e. The van der Waals surface area contributed by atoms with E-state index in [0.717, 1.165) is 18.6 Å². The summed E-state index contributed by atoms with van der Waals surface area (Å²) in [6, 6.07) is 0. The topological polar surface area (TPSA) is 17.1 Å². The van der Waals surface area contributed by atoms with Crippen LogP contribution in [-0.4, -0.2) is 27.8 Å². The van der Waals surface area contributed by atoms with Crippen molar-refractivity contribution in [2.45, 2.75) is 62.9 Å². The zero-order valence-corrected chi connectivity index (χ0v) is 12.2. The van der Waals surface area contributed by atoms with E-state index in [1.165, 1.54) is 31.4 Å². The molecule has 0 saturated carbocycles. The van der Waals surface area contributed by atoms with E-state index in [0.29, 0.717) is 11.0 Å². The van der Waals surface area contributed by atoms with Gasteiger partial charge in [-0.3, -0.25) is 4.79 Å². The molecule has 1 nitrogen and oxygen atoms in total. The van der Waals surface area contributed by atoms with E-state index in [-0.39, 0.29) is 5.25 Å². The molecule has 0 bridgehead atoms. The van der Waals surface area contributed by atoms with Crippen molar-refractivity contribution in [2.24, 2.45) is 0 Å². The summed E-state index contributed by atoms with van der Waals surface area (Å²) in [6.45, 7) is 4.43. The molecule has 0 aromatic heterocycles. The molecule has 0 N–H and O–H groups in total. The Hall–Kier alpha value is 0.370. The van der Waals surface area contributed by atoms with Gasteiger partial charge in [0.05, 0.1) is 5.25 Å². The zero-order chi connectivity index (χ0) is 11.8. The van der Waals surface area contributed by atoms with Crippen molar-refractivity contribution in [3.63, 3.8) is 0 Å². The standard InChI is InChI=1S/C13H24OS2/c1-3-4-5-6-7-8-12(14)13-11(2)15-9-10-16-13/h11,13H,3-10H2,1-2H3. The minimum atomic E-state index is 0.282. The van der Waals surface area contributed by atoms with Crippen LogP contribution in [0.2, 0.25) is 0 Å². The molecule has 1 aliphatic rings. The molecule has 0 radical (unpaired) electrons. The third-order valence-corrected chi connectivity index (χ3v) is 6.17. The Bertz CT molecular complexity index is 206. The van der Waals surface area contributed by atoms with Gasteiger partial charge in [-0.05, 0) is 6.42 Å². The van der Waals surface area contributed by atoms with E-state index in [4.69, 9.17) is 0 Å². The van der Waals surface area contributed by atoms with Gasteiger partial charge in [-0.25, -0.2) is 0 Å². The van der Waals surface area contributed by atoms with Gasteiger partial charge in [-0.15, -0.1) is 11.8 Å². The average Bonchev–Trinajstić information content (AvgIpc) is 2.29. The summed E-state index contributed by atoms with van der Waals surface area (Å²) in [7, 11) is 0. The van der Waals surface area contributed by atoms with Crippen molar-refractivity contribution >= 4 is 29.3 Å². The van der Waals surface area contributed by atoms with Crippen molar-refractivity contribution < 1.29 is 4.79 Å². The number of carbonyl (C=O) groups excluding carboxylic acids is 1. The molecule has 0 amide bonds. The molecule has 0 aliphatic carbocycles. The molecule has 0 spiro atoms. The Morgan fingerprint density at radius 1 is 1.12 bits per heavy atom. The summed E-state index contributed by atoms with van der Waals surface area (Å²) < 4.78 is 0. The van der Waals surface area contributed by atoms with Crippen molar-refractivity contribution in [2.75, 3.05) is 11.5 Å². The van der Waals surface area contributed by atoms with Crippen LogP contribution < -0.4 is 0 Å². The van der Waals surface area contributed by atoms with E-state index < -0.39 is 0 Å². The van der Waals surface area contributed by atoms with Gasteiger partial charge in [-0.1, -0.05) is 39.5 Å². The highest BCUT2D eigenvalue weighted by atomic mass is 32.2. The highest BCUT2D eigenvalue weighted by Gasteiger charge is 2.27. The van der Waals surface area contributed by atoms with Crippen molar-refractivity contribution in [3.8, 4) is 0 Å². The third kappa shape index (κ3) is 5.13. The van der Waals surface area contributed by atoms with Gasteiger partial charge < -0.3 is 0 Å². The van der Waals surface area contributed by atoms with Gasteiger partial charge in [0.1, 0.15) is 5.78 Å². The number of rotatable bonds is 7. The normalized spacial score (nSPS) is 25.6. The molecule has 1 fully saturated rings. The summed E-state index contributed by atoms with van der Waals surface area (Å²) in [5, 5.41) is 0.812. The van der Waals surface area contributed by atoms with E-state index in [2.05, 4.69) is 13.8 Å². The number of carbonyl (C=O) groups is 1. The number of hydrogen-bond donors (Lipinski definition) is 0. The average molecular weight is 260 g/mol. The van der Waals surface area contributed by atoms with Gasteiger partial charge in [0.25, 0.3) is 0 Å². The Morgan fingerprint density at radius 2 is 1.81 bits per heavy atom. The molecule has 1 aliphatic heterocycles. The van der Waals surface area contributed by atoms with Crippen LogP contribution in [0.15, 0.2) is 0 Å². The lowest BCUT2D eigenvalue weighted by atomic mass is 10.1. The Balaban J connectivity index is 2.13. The van der Waals surface area contributed by atoms with E-state index >= 15 is 0 Å². The van der Waals surface area contributed by atoms with Crippen molar-refractivity contribution in [1.29, 1.82) is 0 Å². The molecule has 94 valence electrons. The molecule has 0 aromatic rings. The first-order chi connectivity index (χ1) is 7.75. The lowest BCUT2D eigenvalue weighted by Gasteiger charge is -2.26. The first-order valence-electron chi connectivity index (χ1n) is 6.51. The highest BCUT2D eigenvalue weighted by Crippen LogP contribution is 2.32. The Labute approximate surface area is 109 Å². The summed E-state index contributed by atoms with van der Waals surface area (Å²) in [6.07, 6.45) is 7.04. The maximum absolute atomic E-state index is 12.0. The maximum Gasteiger partial charge on any atom is 0.146 e. The van der Waals surface area contributed by atoms with Crippen LogP contribution in [0, 0.1) is 0 Å². The minimum absolute atomic E-state index is 0.282. The number of thioether (sulfide) groups is 2. The quantitative estimate of drug-likeness (QED) is 0.640. The Morgan fingerprint density at radius 3 is 2.50 bits per heavy atom. The molecule has 1 rings (SSSR count). The molecule has 16 heavy (non-hydrogen) atoms. The molecule has 3 heteroatoms. The van der Waals surface area contributed by atoms with Crippen molar-refractivity contribution in [1.82, 2.24) is 0 Å². The van der Waals surface area contributed by atoms with E-state index in [1.54, 1.807) is 0 Å². The molecule has 2 atom stereocenters. The fraction of sp³-hybridized carbons (Fsp3) is 0.923. The first kappa shape index (κ1) is 14.4. The molecule has 2 unspecified atom stereocenters. The summed E-state index contributed by atoms with van der Waals surface area (Å²) >= 11 is 3.84. The monoisotopic (exact) mass is 260 g/mol. The summed E-state index contributed by atoms with van der Waals surface area (Å²) in [5.41, 5.74) is 0. The SMILES string of the molecule is CCCCCCCC(=O)C1SCCSC1C.